The smallest absolute Gasteiger partial charge is 0.330 e. The normalized spacial score (nSPS) is 13.4. The first-order chi connectivity index (χ1) is 15.1. The molecule has 1 aromatic heterocycles. The molecule has 3 amide bonds. The third kappa shape index (κ3) is 4.83. The van der Waals surface area contributed by atoms with Crippen LogP contribution in [0.1, 0.15) is 12.0 Å². The van der Waals surface area contributed by atoms with Crippen LogP contribution in [0.5, 0.6) is 5.75 Å². The van der Waals surface area contributed by atoms with Gasteiger partial charge in [-0.05, 0) is 48.4 Å². The van der Waals surface area contributed by atoms with Crippen LogP contribution in [0.3, 0.4) is 0 Å². The maximum Gasteiger partial charge on any atom is 0.330 e. The zero-order valence-electron chi connectivity index (χ0n) is 17.3. The number of amides is 3. The number of aryl methyl sites for hydroxylation is 1. The van der Waals surface area contributed by atoms with Gasteiger partial charge in [0.2, 0.25) is 5.91 Å². The van der Waals surface area contributed by atoms with Gasteiger partial charge in [-0.1, -0.05) is 30.3 Å². The van der Waals surface area contributed by atoms with Crippen LogP contribution < -0.4 is 19.9 Å². The number of hydrogen-bond acceptors (Lipinski definition) is 4. The molecule has 0 radical (unpaired) electrons. The van der Waals surface area contributed by atoms with Crippen LogP contribution in [0.15, 0.2) is 72.9 Å². The number of anilines is 3. The second kappa shape index (κ2) is 9.30. The lowest BCUT2D eigenvalue weighted by Gasteiger charge is -2.18. The van der Waals surface area contributed by atoms with Crippen molar-refractivity contribution in [1.29, 1.82) is 0 Å². The molecule has 158 valence electrons. The van der Waals surface area contributed by atoms with E-state index in [0.29, 0.717) is 37.4 Å². The molecule has 4 rings (SSSR count). The van der Waals surface area contributed by atoms with Crippen molar-refractivity contribution >= 4 is 29.1 Å². The van der Waals surface area contributed by atoms with Gasteiger partial charge in [0.05, 0.1) is 19.0 Å². The number of para-hydroxylation sites is 1. The first-order valence-electron chi connectivity index (χ1n) is 10.2. The largest absolute Gasteiger partial charge is 0.497 e. The highest BCUT2D eigenvalue weighted by Gasteiger charge is 2.31. The number of rotatable bonds is 7. The Hall–Kier alpha value is -3.87. The summed E-state index contributed by atoms with van der Waals surface area (Å²) in [7, 11) is 1.63. The predicted molar refractivity (Wildman–Crippen MR) is 121 cm³/mol. The molecule has 0 bridgehead atoms. The topological polar surface area (TPSA) is 74.8 Å². The van der Waals surface area contributed by atoms with Crippen LogP contribution in [0, 0.1) is 0 Å². The average Bonchev–Trinajstić information content (AvgIpc) is 3.20. The van der Waals surface area contributed by atoms with Gasteiger partial charge < -0.3 is 10.1 Å². The number of pyridine rings is 1. The zero-order chi connectivity index (χ0) is 21.6. The Labute approximate surface area is 181 Å². The third-order valence-electron chi connectivity index (χ3n) is 5.18. The summed E-state index contributed by atoms with van der Waals surface area (Å²) in [6, 6.07) is 20.7. The van der Waals surface area contributed by atoms with Crippen molar-refractivity contribution in [2.75, 3.05) is 35.3 Å². The maximum absolute atomic E-state index is 12.8. The fourth-order valence-corrected chi connectivity index (χ4v) is 3.49. The summed E-state index contributed by atoms with van der Waals surface area (Å²) in [5.74, 6) is 1.28. The Bertz CT molecular complexity index is 1040. The highest BCUT2D eigenvalue weighted by Crippen LogP contribution is 2.24. The highest BCUT2D eigenvalue weighted by atomic mass is 16.5. The number of nitrogens with one attached hydrogen (secondary N) is 1. The van der Waals surface area contributed by atoms with Gasteiger partial charge in [0.25, 0.3) is 0 Å². The molecule has 2 heterocycles. The van der Waals surface area contributed by atoms with Gasteiger partial charge in [-0.3, -0.25) is 14.6 Å². The Balaban J connectivity index is 1.31. The van der Waals surface area contributed by atoms with Crippen LogP contribution in [0.25, 0.3) is 0 Å². The van der Waals surface area contributed by atoms with Crippen LogP contribution in [0.4, 0.5) is 22.0 Å². The molecule has 0 saturated carbocycles. The van der Waals surface area contributed by atoms with Crippen molar-refractivity contribution < 1.29 is 14.3 Å². The number of hydrogen-bond donors (Lipinski definition) is 1. The lowest BCUT2D eigenvalue weighted by atomic mass is 10.1. The van der Waals surface area contributed by atoms with Gasteiger partial charge in [0.1, 0.15) is 11.6 Å². The van der Waals surface area contributed by atoms with Crippen molar-refractivity contribution in [3.05, 3.63) is 78.5 Å². The number of carbonyl (C=O) groups is 2. The molecule has 0 aliphatic carbocycles. The molecule has 1 fully saturated rings. The minimum Gasteiger partial charge on any atom is -0.497 e. The summed E-state index contributed by atoms with van der Waals surface area (Å²) < 4.78 is 5.14. The molecular weight excluding hydrogens is 392 g/mol. The van der Waals surface area contributed by atoms with Crippen molar-refractivity contribution in [2.24, 2.45) is 0 Å². The van der Waals surface area contributed by atoms with Gasteiger partial charge >= 0.3 is 6.03 Å². The fraction of sp³-hybridized carbons (Fsp3) is 0.208. The van der Waals surface area contributed by atoms with E-state index in [0.717, 1.165) is 17.0 Å². The van der Waals surface area contributed by atoms with E-state index in [2.05, 4.69) is 10.3 Å². The van der Waals surface area contributed by atoms with Gasteiger partial charge in [0.15, 0.2) is 0 Å². The van der Waals surface area contributed by atoms with Crippen molar-refractivity contribution in [3.8, 4) is 5.75 Å². The molecule has 3 aromatic rings. The standard InChI is InChI=1S/C24H24N4O3/c1-31-21-11-7-18(8-12-21)9-14-23(29)26-19-10-13-22(25-17-19)28-16-15-27(24(28)30)20-5-3-2-4-6-20/h2-8,10-13,17H,9,14-16H2,1H3,(H,26,29). The third-order valence-corrected chi connectivity index (χ3v) is 5.18. The number of carbonyl (C=O) groups excluding carboxylic acids is 2. The van der Waals surface area contributed by atoms with E-state index < -0.39 is 0 Å². The van der Waals surface area contributed by atoms with Gasteiger partial charge in [0, 0.05) is 25.2 Å². The molecular formula is C24H24N4O3. The summed E-state index contributed by atoms with van der Waals surface area (Å²) in [5.41, 5.74) is 2.55. The lowest BCUT2D eigenvalue weighted by Crippen LogP contribution is -2.32. The summed E-state index contributed by atoms with van der Waals surface area (Å²) >= 11 is 0. The molecule has 31 heavy (non-hydrogen) atoms. The van der Waals surface area contributed by atoms with Gasteiger partial charge in [-0.2, -0.15) is 0 Å². The minimum atomic E-state index is -0.102. The quantitative estimate of drug-likeness (QED) is 0.629. The predicted octanol–water partition coefficient (Wildman–Crippen LogP) is 4.11. The van der Waals surface area contributed by atoms with E-state index in [1.807, 2.05) is 54.6 Å². The Kier molecular flexibility index (Phi) is 6.12. The summed E-state index contributed by atoms with van der Waals surface area (Å²) in [4.78, 5) is 32.8. The van der Waals surface area contributed by atoms with Gasteiger partial charge in [-0.25, -0.2) is 9.78 Å². The molecule has 2 aromatic carbocycles. The second-order valence-corrected chi connectivity index (χ2v) is 7.22. The molecule has 7 nitrogen and oxygen atoms in total. The summed E-state index contributed by atoms with van der Waals surface area (Å²) in [6.07, 6.45) is 2.59. The molecule has 0 unspecified atom stereocenters. The Morgan fingerprint density at radius 3 is 2.42 bits per heavy atom. The Morgan fingerprint density at radius 1 is 1.00 bits per heavy atom. The number of aromatic nitrogens is 1. The van der Waals surface area contributed by atoms with Crippen LogP contribution in [0.2, 0.25) is 0 Å². The van der Waals surface area contributed by atoms with E-state index in [-0.39, 0.29) is 11.9 Å². The van der Waals surface area contributed by atoms with E-state index in [1.54, 1.807) is 35.2 Å². The fourth-order valence-electron chi connectivity index (χ4n) is 3.49. The SMILES string of the molecule is COc1ccc(CCC(=O)Nc2ccc(N3CCN(c4ccccc4)C3=O)nc2)cc1. The zero-order valence-corrected chi connectivity index (χ0v) is 17.3. The van der Waals surface area contributed by atoms with E-state index in [9.17, 15) is 9.59 Å². The summed E-state index contributed by atoms with van der Waals surface area (Å²) in [5, 5.41) is 2.86. The van der Waals surface area contributed by atoms with E-state index in [4.69, 9.17) is 4.74 Å². The van der Waals surface area contributed by atoms with E-state index >= 15 is 0 Å². The lowest BCUT2D eigenvalue weighted by molar-refractivity contribution is -0.116. The highest BCUT2D eigenvalue weighted by molar-refractivity contribution is 6.05. The molecule has 0 atom stereocenters. The molecule has 1 saturated heterocycles. The van der Waals surface area contributed by atoms with Gasteiger partial charge in [-0.15, -0.1) is 0 Å². The molecule has 1 N–H and O–H groups in total. The van der Waals surface area contributed by atoms with Crippen molar-refractivity contribution in [1.82, 2.24) is 4.98 Å². The summed E-state index contributed by atoms with van der Waals surface area (Å²) in [6.45, 7) is 1.17. The second-order valence-electron chi connectivity index (χ2n) is 7.22. The molecule has 0 spiro atoms. The number of urea groups is 1. The molecule has 7 heteroatoms. The monoisotopic (exact) mass is 416 g/mol. The van der Waals surface area contributed by atoms with Crippen molar-refractivity contribution in [2.45, 2.75) is 12.8 Å². The number of nitrogens with zero attached hydrogens (tertiary/aromatic N) is 3. The van der Waals surface area contributed by atoms with E-state index in [1.165, 1.54) is 0 Å². The first-order valence-corrected chi connectivity index (χ1v) is 10.2. The average molecular weight is 416 g/mol. The maximum atomic E-state index is 12.8. The molecule has 1 aliphatic heterocycles. The number of methoxy groups -OCH3 is 1. The Morgan fingerprint density at radius 2 is 1.74 bits per heavy atom. The molecule has 1 aliphatic rings. The number of ether oxygens (including phenoxy) is 1. The van der Waals surface area contributed by atoms with Crippen LogP contribution in [-0.2, 0) is 11.2 Å². The first kappa shape index (κ1) is 20.4. The minimum absolute atomic E-state index is 0.0853. The van der Waals surface area contributed by atoms with Crippen LogP contribution in [-0.4, -0.2) is 37.1 Å². The van der Waals surface area contributed by atoms with Crippen LogP contribution >= 0.6 is 0 Å². The van der Waals surface area contributed by atoms with Crippen molar-refractivity contribution in [3.63, 3.8) is 0 Å². The number of benzene rings is 2.